The third-order valence-electron chi connectivity index (χ3n) is 2.61. The fourth-order valence-electron chi connectivity index (χ4n) is 1.37. The van der Waals surface area contributed by atoms with E-state index < -0.39 is 12.0 Å². The van der Waals surface area contributed by atoms with Crippen molar-refractivity contribution in [3.63, 3.8) is 0 Å². The van der Waals surface area contributed by atoms with Gasteiger partial charge in [-0.3, -0.25) is 14.5 Å². The molecule has 0 saturated carbocycles. The first-order chi connectivity index (χ1) is 8.81. The van der Waals surface area contributed by atoms with Crippen molar-refractivity contribution < 1.29 is 14.7 Å². The summed E-state index contributed by atoms with van der Waals surface area (Å²) >= 11 is 11.6. The maximum absolute atomic E-state index is 11.9. The molecule has 0 aliphatic heterocycles. The number of carbonyl (C=O) groups excluding carboxylic acids is 1. The molecule has 1 aromatic rings. The van der Waals surface area contributed by atoms with Crippen molar-refractivity contribution in [2.45, 2.75) is 13.0 Å². The average molecular weight is 305 g/mol. The highest BCUT2D eigenvalue weighted by Crippen LogP contribution is 2.25. The predicted octanol–water partition coefficient (Wildman–Crippen LogP) is 2.34. The summed E-state index contributed by atoms with van der Waals surface area (Å²) in [6.07, 6.45) is 0. The highest BCUT2D eigenvalue weighted by atomic mass is 35.5. The number of rotatable bonds is 5. The fourth-order valence-corrected chi connectivity index (χ4v) is 1.67. The Labute approximate surface area is 121 Å². The van der Waals surface area contributed by atoms with Crippen LogP contribution in [0.3, 0.4) is 0 Å². The van der Waals surface area contributed by atoms with Gasteiger partial charge in [0.1, 0.15) is 0 Å². The van der Waals surface area contributed by atoms with Crippen LogP contribution in [0.4, 0.5) is 5.69 Å². The van der Waals surface area contributed by atoms with E-state index in [2.05, 4.69) is 5.32 Å². The third-order valence-corrected chi connectivity index (χ3v) is 3.35. The van der Waals surface area contributed by atoms with Crippen LogP contribution in [-0.4, -0.2) is 41.5 Å². The third kappa shape index (κ3) is 4.70. The monoisotopic (exact) mass is 304 g/mol. The number of likely N-dealkylation sites (N-methyl/N-ethyl adjacent to an activating group) is 1. The quantitative estimate of drug-likeness (QED) is 0.876. The minimum absolute atomic E-state index is 0.212. The first-order valence-electron chi connectivity index (χ1n) is 5.49. The molecule has 0 saturated heterocycles. The second-order valence-electron chi connectivity index (χ2n) is 4.10. The van der Waals surface area contributed by atoms with Gasteiger partial charge in [-0.05, 0) is 32.2 Å². The number of nitrogens with zero attached hydrogens (tertiary/aromatic N) is 1. The van der Waals surface area contributed by atoms with E-state index in [1.54, 1.807) is 26.1 Å². The number of aliphatic carboxylic acids is 1. The van der Waals surface area contributed by atoms with Gasteiger partial charge in [0.15, 0.2) is 0 Å². The molecule has 104 valence electrons. The Bertz CT molecular complexity index is 494. The molecule has 1 aromatic carbocycles. The molecular formula is C12H14Cl2N2O3. The van der Waals surface area contributed by atoms with E-state index in [0.29, 0.717) is 15.7 Å². The average Bonchev–Trinajstić information content (AvgIpc) is 2.32. The number of hydrogen-bond donors (Lipinski definition) is 2. The molecule has 7 heteroatoms. The summed E-state index contributed by atoms with van der Waals surface area (Å²) in [6, 6.07) is 4.15. The van der Waals surface area contributed by atoms with Gasteiger partial charge in [0.05, 0.1) is 22.6 Å². The standard InChI is InChI=1S/C12H14Cl2N2O3/c1-7(16(2)6-11(17)18)12(19)15-8-3-4-9(13)10(14)5-8/h3-5,7H,6H2,1-2H3,(H,15,19)(H,17,18). The van der Waals surface area contributed by atoms with Gasteiger partial charge in [0.25, 0.3) is 0 Å². The van der Waals surface area contributed by atoms with Crippen molar-refractivity contribution in [2.24, 2.45) is 0 Å². The molecule has 1 amide bonds. The van der Waals surface area contributed by atoms with Crippen molar-refractivity contribution in [1.82, 2.24) is 4.90 Å². The lowest BCUT2D eigenvalue weighted by molar-refractivity contribution is -0.138. The summed E-state index contributed by atoms with van der Waals surface area (Å²) in [4.78, 5) is 23.9. The number of benzene rings is 1. The predicted molar refractivity (Wildman–Crippen MR) is 74.8 cm³/mol. The Morgan fingerprint density at radius 1 is 1.37 bits per heavy atom. The van der Waals surface area contributed by atoms with Crippen molar-refractivity contribution in [3.8, 4) is 0 Å². The topological polar surface area (TPSA) is 69.6 Å². The highest BCUT2D eigenvalue weighted by molar-refractivity contribution is 6.42. The van der Waals surface area contributed by atoms with Crippen molar-refractivity contribution >= 4 is 40.8 Å². The Morgan fingerprint density at radius 3 is 2.53 bits per heavy atom. The zero-order chi connectivity index (χ0) is 14.6. The van der Waals surface area contributed by atoms with Crippen LogP contribution in [0.15, 0.2) is 18.2 Å². The van der Waals surface area contributed by atoms with Crippen LogP contribution < -0.4 is 5.32 Å². The van der Waals surface area contributed by atoms with Crippen LogP contribution in [-0.2, 0) is 9.59 Å². The number of anilines is 1. The van der Waals surface area contributed by atoms with Crippen LogP contribution in [0.25, 0.3) is 0 Å². The second kappa shape index (κ2) is 6.75. The number of nitrogens with one attached hydrogen (secondary N) is 1. The minimum Gasteiger partial charge on any atom is -0.480 e. The smallest absolute Gasteiger partial charge is 0.317 e. The number of amides is 1. The van der Waals surface area contributed by atoms with Crippen molar-refractivity contribution in [3.05, 3.63) is 28.2 Å². The van der Waals surface area contributed by atoms with Gasteiger partial charge in [-0.2, -0.15) is 0 Å². The second-order valence-corrected chi connectivity index (χ2v) is 4.92. The summed E-state index contributed by atoms with van der Waals surface area (Å²) in [7, 11) is 1.56. The molecular weight excluding hydrogens is 291 g/mol. The van der Waals surface area contributed by atoms with E-state index >= 15 is 0 Å². The normalized spacial score (nSPS) is 12.3. The number of carboxylic acids is 1. The molecule has 0 spiro atoms. The molecule has 0 aliphatic rings. The molecule has 0 radical (unpaired) electrons. The summed E-state index contributed by atoms with van der Waals surface area (Å²) < 4.78 is 0. The van der Waals surface area contributed by atoms with E-state index in [-0.39, 0.29) is 12.5 Å². The van der Waals surface area contributed by atoms with Gasteiger partial charge in [-0.1, -0.05) is 23.2 Å². The lowest BCUT2D eigenvalue weighted by Crippen LogP contribution is -2.42. The van der Waals surface area contributed by atoms with Gasteiger partial charge >= 0.3 is 5.97 Å². The van der Waals surface area contributed by atoms with Crippen LogP contribution in [0.2, 0.25) is 10.0 Å². The summed E-state index contributed by atoms with van der Waals surface area (Å²) in [5.74, 6) is -1.31. The fraction of sp³-hybridized carbons (Fsp3) is 0.333. The van der Waals surface area contributed by atoms with Crippen molar-refractivity contribution in [2.75, 3.05) is 18.9 Å². The summed E-state index contributed by atoms with van der Waals surface area (Å²) in [6.45, 7) is 1.41. The van der Waals surface area contributed by atoms with Crippen LogP contribution in [0.1, 0.15) is 6.92 Å². The number of halogens is 2. The van der Waals surface area contributed by atoms with Crippen molar-refractivity contribution in [1.29, 1.82) is 0 Å². The Kier molecular flexibility index (Phi) is 5.60. The maximum atomic E-state index is 11.9. The molecule has 0 fully saturated rings. The number of hydrogen-bond acceptors (Lipinski definition) is 3. The first kappa shape index (κ1) is 15.8. The van der Waals surface area contributed by atoms with E-state index in [1.807, 2.05) is 0 Å². The molecule has 1 atom stereocenters. The molecule has 1 unspecified atom stereocenters. The molecule has 0 bridgehead atoms. The lowest BCUT2D eigenvalue weighted by Gasteiger charge is -2.22. The molecule has 1 rings (SSSR count). The molecule has 0 aromatic heterocycles. The van der Waals surface area contributed by atoms with Gasteiger partial charge in [0, 0.05) is 5.69 Å². The van der Waals surface area contributed by atoms with Crippen LogP contribution in [0.5, 0.6) is 0 Å². The summed E-state index contributed by atoms with van der Waals surface area (Å²) in [5, 5.41) is 12.1. The molecule has 5 nitrogen and oxygen atoms in total. The van der Waals surface area contributed by atoms with E-state index in [9.17, 15) is 9.59 Å². The maximum Gasteiger partial charge on any atom is 0.317 e. The van der Waals surface area contributed by atoms with Crippen LogP contribution >= 0.6 is 23.2 Å². The molecule has 19 heavy (non-hydrogen) atoms. The highest BCUT2D eigenvalue weighted by Gasteiger charge is 2.20. The minimum atomic E-state index is -0.989. The number of carboxylic acid groups (broad SMARTS) is 1. The number of carbonyl (C=O) groups is 2. The molecule has 0 heterocycles. The zero-order valence-electron chi connectivity index (χ0n) is 10.5. The van der Waals surface area contributed by atoms with Crippen LogP contribution in [0, 0.1) is 0 Å². The van der Waals surface area contributed by atoms with E-state index in [1.165, 1.54) is 11.0 Å². The summed E-state index contributed by atoms with van der Waals surface area (Å²) in [5.41, 5.74) is 0.509. The lowest BCUT2D eigenvalue weighted by atomic mass is 10.2. The van der Waals surface area contributed by atoms with Gasteiger partial charge in [0.2, 0.25) is 5.91 Å². The Morgan fingerprint density at radius 2 is 2.00 bits per heavy atom. The Balaban J connectivity index is 2.68. The first-order valence-corrected chi connectivity index (χ1v) is 6.25. The Hall–Kier alpha value is -1.30. The zero-order valence-corrected chi connectivity index (χ0v) is 12.0. The molecule has 2 N–H and O–H groups in total. The van der Waals surface area contributed by atoms with E-state index in [0.717, 1.165) is 0 Å². The molecule has 0 aliphatic carbocycles. The largest absolute Gasteiger partial charge is 0.480 e. The van der Waals surface area contributed by atoms with Gasteiger partial charge < -0.3 is 10.4 Å². The van der Waals surface area contributed by atoms with Gasteiger partial charge in [-0.25, -0.2) is 0 Å². The van der Waals surface area contributed by atoms with Gasteiger partial charge in [-0.15, -0.1) is 0 Å². The SMILES string of the molecule is CC(C(=O)Nc1ccc(Cl)c(Cl)c1)N(C)CC(=O)O. The van der Waals surface area contributed by atoms with E-state index in [4.69, 9.17) is 28.3 Å².